The van der Waals surface area contributed by atoms with Gasteiger partial charge in [0.25, 0.3) is 0 Å². The summed E-state index contributed by atoms with van der Waals surface area (Å²) >= 11 is 3.38. The number of carbonyl (C=O) groups is 1. The highest BCUT2D eigenvalue weighted by molar-refractivity contribution is 9.10. The molecule has 2 aromatic rings. The molecule has 114 valence electrons. The van der Waals surface area contributed by atoms with E-state index in [4.69, 9.17) is 4.74 Å². The molecule has 0 unspecified atom stereocenters. The van der Waals surface area contributed by atoms with Crippen molar-refractivity contribution in [3.05, 3.63) is 64.6 Å². The van der Waals surface area contributed by atoms with Crippen LogP contribution in [0.3, 0.4) is 0 Å². The lowest BCUT2D eigenvalue weighted by Crippen LogP contribution is -2.07. The smallest absolute Gasteiger partial charge is 0.248 e. The van der Waals surface area contributed by atoms with Gasteiger partial charge in [-0.05, 0) is 36.8 Å². The van der Waals surface area contributed by atoms with E-state index >= 15 is 0 Å². The van der Waals surface area contributed by atoms with E-state index in [1.165, 1.54) is 6.08 Å². The lowest BCUT2D eigenvalue weighted by atomic mass is 10.2. The highest BCUT2D eigenvalue weighted by atomic mass is 79.9. The van der Waals surface area contributed by atoms with Crippen molar-refractivity contribution in [3.8, 4) is 5.75 Å². The van der Waals surface area contributed by atoms with Crippen LogP contribution in [0.2, 0.25) is 0 Å². The van der Waals surface area contributed by atoms with Crippen molar-refractivity contribution >= 4 is 33.6 Å². The monoisotopic (exact) mass is 359 g/mol. The summed E-state index contributed by atoms with van der Waals surface area (Å²) in [5.41, 5.74) is 1.64. The Morgan fingerprint density at radius 3 is 2.82 bits per heavy atom. The molecule has 0 atom stereocenters. The molecular weight excluding hydrogens is 342 g/mol. The van der Waals surface area contributed by atoms with Crippen LogP contribution < -0.4 is 10.1 Å². The Bertz CT molecular complexity index is 668. The van der Waals surface area contributed by atoms with Crippen molar-refractivity contribution in [2.24, 2.45) is 0 Å². The summed E-state index contributed by atoms with van der Waals surface area (Å²) in [6.45, 7) is 2.72. The number of para-hydroxylation sites is 1. The summed E-state index contributed by atoms with van der Waals surface area (Å²) in [6, 6.07) is 15.1. The zero-order valence-electron chi connectivity index (χ0n) is 12.4. The molecule has 22 heavy (non-hydrogen) atoms. The van der Waals surface area contributed by atoms with Gasteiger partial charge in [-0.1, -0.05) is 47.1 Å². The van der Waals surface area contributed by atoms with E-state index in [0.717, 1.165) is 27.9 Å². The molecule has 1 N–H and O–H groups in total. The van der Waals surface area contributed by atoms with Crippen LogP contribution in [0.1, 0.15) is 18.9 Å². The number of anilines is 1. The van der Waals surface area contributed by atoms with E-state index < -0.39 is 0 Å². The molecule has 0 aliphatic heterocycles. The number of halogens is 1. The summed E-state index contributed by atoms with van der Waals surface area (Å²) < 4.78 is 6.59. The van der Waals surface area contributed by atoms with Crippen molar-refractivity contribution in [1.29, 1.82) is 0 Å². The second kappa shape index (κ2) is 8.39. The molecule has 0 aliphatic rings. The maximum absolute atomic E-state index is 12.0. The third kappa shape index (κ3) is 5.04. The molecule has 2 aromatic carbocycles. The second-order valence-corrected chi connectivity index (χ2v) is 5.63. The molecule has 0 aromatic heterocycles. The Labute approximate surface area is 139 Å². The number of ether oxygens (including phenoxy) is 1. The third-order valence-electron chi connectivity index (χ3n) is 2.89. The molecule has 0 aliphatic carbocycles. The number of nitrogens with one attached hydrogen (secondary N) is 1. The first-order valence-corrected chi connectivity index (χ1v) is 7.95. The molecule has 0 spiro atoms. The van der Waals surface area contributed by atoms with Gasteiger partial charge in [0.2, 0.25) is 5.91 Å². The number of hydrogen-bond donors (Lipinski definition) is 1. The van der Waals surface area contributed by atoms with Crippen LogP contribution in [0, 0.1) is 0 Å². The summed E-state index contributed by atoms with van der Waals surface area (Å²) in [4.78, 5) is 12.0. The quantitative estimate of drug-likeness (QED) is 0.745. The predicted octanol–water partition coefficient (Wildman–Crippen LogP) is 4.89. The van der Waals surface area contributed by atoms with Gasteiger partial charge in [0.15, 0.2) is 0 Å². The van der Waals surface area contributed by atoms with Crippen LogP contribution in [-0.2, 0) is 4.79 Å². The van der Waals surface area contributed by atoms with E-state index in [1.807, 2.05) is 48.5 Å². The largest absolute Gasteiger partial charge is 0.493 e. The Hall–Kier alpha value is -2.07. The highest BCUT2D eigenvalue weighted by Crippen LogP contribution is 2.20. The summed E-state index contributed by atoms with van der Waals surface area (Å²) in [6.07, 6.45) is 4.22. The molecule has 0 fully saturated rings. The van der Waals surface area contributed by atoms with Crippen molar-refractivity contribution in [1.82, 2.24) is 0 Å². The fourth-order valence-electron chi connectivity index (χ4n) is 1.88. The molecule has 3 nitrogen and oxygen atoms in total. The van der Waals surface area contributed by atoms with Crippen molar-refractivity contribution < 1.29 is 9.53 Å². The Morgan fingerprint density at radius 2 is 2.05 bits per heavy atom. The first kappa shape index (κ1) is 16.3. The van der Waals surface area contributed by atoms with Gasteiger partial charge in [-0.15, -0.1) is 0 Å². The van der Waals surface area contributed by atoms with Gasteiger partial charge in [0, 0.05) is 21.8 Å². The molecule has 4 heteroatoms. The molecule has 0 heterocycles. The normalized spacial score (nSPS) is 10.6. The molecule has 0 saturated carbocycles. The Kier molecular flexibility index (Phi) is 6.22. The molecular formula is C18H18BrNO2. The van der Waals surface area contributed by atoms with Gasteiger partial charge in [0.1, 0.15) is 5.75 Å². The fraction of sp³-hybridized carbons (Fsp3) is 0.167. The van der Waals surface area contributed by atoms with Crippen LogP contribution in [0.25, 0.3) is 6.08 Å². The van der Waals surface area contributed by atoms with Crippen molar-refractivity contribution in [2.75, 3.05) is 11.9 Å². The topological polar surface area (TPSA) is 38.3 Å². The van der Waals surface area contributed by atoms with E-state index in [9.17, 15) is 4.79 Å². The molecule has 0 saturated heterocycles. The third-order valence-corrected chi connectivity index (χ3v) is 3.38. The van der Waals surface area contributed by atoms with Gasteiger partial charge in [-0.25, -0.2) is 0 Å². The van der Waals surface area contributed by atoms with Crippen LogP contribution >= 0.6 is 15.9 Å². The number of hydrogen-bond acceptors (Lipinski definition) is 2. The number of carbonyl (C=O) groups excluding carboxylic acids is 1. The lowest BCUT2D eigenvalue weighted by Gasteiger charge is -2.07. The molecule has 2 rings (SSSR count). The first-order valence-electron chi connectivity index (χ1n) is 7.15. The summed E-state index contributed by atoms with van der Waals surface area (Å²) in [5, 5.41) is 2.82. The van der Waals surface area contributed by atoms with Crippen LogP contribution in [0.15, 0.2) is 59.1 Å². The minimum Gasteiger partial charge on any atom is -0.493 e. The predicted molar refractivity (Wildman–Crippen MR) is 94.0 cm³/mol. The average molecular weight is 360 g/mol. The zero-order chi connectivity index (χ0) is 15.8. The Balaban J connectivity index is 2.03. The maximum atomic E-state index is 12.0. The van der Waals surface area contributed by atoms with Gasteiger partial charge in [-0.2, -0.15) is 0 Å². The van der Waals surface area contributed by atoms with E-state index in [2.05, 4.69) is 28.2 Å². The fourth-order valence-corrected chi connectivity index (χ4v) is 2.28. The van der Waals surface area contributed by atoms with Crippen molar-refractivity contribution in [2.45, 2.75) is 13.3 Å². The summed E-state index contributed by atoms with van der Waals surface area (Å²) in [7, 11) is 0. The van der Waals surface area contributed by atoms with Crippen LogP contribution in [0.5, 0.6) is 5.75 Å². The van der Waals surface area contributed by atoms with E-state index in [-0.39, 0.29) is 5.91 Å². The van der Waals surface area contributed by atoms with E-state index in [0.29, 0.717) is 6.61 Å². The SMILES string of the molecule is CCCOc1ccccc1C=CC(=O)Nc1cccc(Br)c1. The summed E-state index contributed by atoms with van der Waals surface area (Å²) in [5.74, 6) is 0.610. The molecule has 0 radical (unpaired) electrons. The zero-order valence-corrected chi connectivity index (χ0v) is 14.0. The standard InChI is InChI=1S/C18H18BrNO2/c1-2-12-22-17-9-4-3-6-14(17)10-11-18(21)20-16-8-5-7-15(19)13-16/h3-11,13H,2,12H2,1H3,(H,20,21). The van der Waals surface area contributed by atoms with Gasteiger partial charge in [0.05, 0.1) is 6.61 Å². The van der Waals surface area contributed by atoms with E-state index in [1.54, 1.807) is 6.08 Å². The average Bonchev–Trinajstić information content (AvgIpc) is 2.51. The Morgan fingerprint density at radius 1 is 1.23 bits per heavy atom. The van der Waals surface area contributed by atoms with Crippen molar-refractivity contribution in [3.63, 3.8) is 0 Å². The molecule has 1 amide bonds. The highest BCUT2D eigenvalue weighted by Gasteiger charge is 2.01. The van der Waals surface area contributed by atoms with Gasteiger partial charge in [-0.3, -0.25) is 4.79 Å². The minimum absolute atomic E-state index is 0.177. The molecule has 0 bridgehead atoms. The van der Waals surface area contributed by atoms with Crippen LogP contribution in [0.4, 0.5) is 5.69 Å². The van der Waals surface area contributed by atoms with Gasteiger partial charge < -0.3 is 10.1 Å². The number of amides is 1. The number of benzene rings is 2. The van der Waals surface area contributed by atoms with Crippen LogP contribution in [-0.4, -0.2) is 12.5 Å². The lowest BCUT2D eigenvalue weighted by molar-refractivity contribution is -0.111. The van der Waals surface area contributed by atoms with Gasteiger partial charge >= 0.3 is 0 Å². The second-order valence-electron chi connectivity index (χ2n) is 4.72. The minimum atomic E-state index is -0.177. The number of rotatable bonds is 6. The maximum Gasteiger partial charge on any atom is 0.248 e. The first-order chi connectivity index (χ1) is 10.7.